The van der Waals surface area contributed by atoms with Gasteiger partial charge in [0.1, 0.15) is 5.60 Å². The van der Waals surface area contributed by atoms with Crippen molar-refractivity contribution in [3.8, 4) is 0 Å². The molecule has 0 atom stereocenters. The van der Waals surface area contributed by atoms with Crippen LogP contribution in [0.25, 0.3) is 0 Å². The van der Waals surface area contributed by atoms with E-state index < -0.39 is 11.2 Å². The smallest absolute Gasteiger partial charge is 0.407 e. The molecule has 0 bridgehead atoms. The summed E-state index contributed by atoms with van der Waals surface area (Å²) in [4.78, 5) is 11.6. The van der Waals surface area contributed by atoms with E-state index in [1.807, 2.05) is 27.8 Å². The van der Waals surface area contributed by atoms with Crippen molar-refractivity contribution in [2.75, 3.05) is 13.6 Å². The zero-order chi connectivity index (χ0) is 13.8. The summed E-state index contributed by atoms with van der Waals surface area (Å²) >= 11 is 0. The minimum Gasteiger partial charge on any atom is -0.444 e. The van der Waals surface area contributed by atoms with Crippen LogP contribution < -0.4 is 10.6 Å². The average molecular weight is 258 g/mol. The molecule has 0 aromatic rings. The van der Waals surface area contributed by atoms with Crippen LogP contribution in [0.2, 0.25) is 0 Å². The van der Waals surface area contributed by atoms with E-state index in [9.17, 15) is 9.90 Å². The molecule has 0 heterocycles. The van der Waals surface area contributed by atoms with Crippen molar-refractivity contribution in [1.29, 1.82) is 0 Å². The van der Waals surface area contributed by atoms with Crippen LogP contribution in [0.3, 0.4) is 0 Å². The van der Waals surface area contributed by atoms with E-state index in [1.54, 1.807) is 0 Å². The molecular formula is C13H26N2O3. The second-order valence-electron chi connectivity index (χ2n) is 6.18. The van der Waals surface area contributed by atoms with Crippen LogP contribution in [0.15, 0.2) is 0 Å². The maximum Gasteiger partial charge on any atom is 0.407 e. The average Bonchev–Trinajstić information content (AvgIpc) is 2.19. The lowest BCUT2D eigenvalue weighted by atomic mass is 9.82. The van der Waals surface area contributed by atoms with Crippen molar-refractivity contribution in [3.63, 3.8) is 0 Å². The molecule has 1 saturated carbocycles. The molecule has 5 heteroatoms. The van der Waals surface area contributed by atoms with Gasteiger partial charge in [0.2, 0.25) is 0 Å². The van der Waals surface area contributed by atoms with Crippen molar-refractivity contribution in [2.45, 2.75) is 63.7 Å². The maximum atomic E-state index is 11.6. The monoisotopic (exact) mass is 258 g/mol. The quantitative estimate of drug-likeness (QED) is 0.715. The Morgan fingerprint density at radius 1 is 1.39 bits per heavy atom. The fraction of sp³-hybridized carbons (Fsp3) is 0.923. The first-order valence-corrected chi connectivity index (χ1v) is 6.61. The van der Waals surface area contributed by atoms with Gasteiger partial charge < -0.3 is 20.5 Å². The number of rotatable bonds is 3. The lowest BCUT2D eigenvalue weighted by molar-refractivity contribution is -0.00388. The van der Waals surface area contributed by atoms with Gasteiger partial charge in [-0.05, 0) is 53.5 Å². The molecule has 1 aliphatic rings. The van der Waals surface area contributed by atoms with Crippen molar-refractivity contribution >= 4 is 6.09 Å². The number of hydrogen-bond acceptors (Lipinski definition) is 4. The Balaban J connectivity index is 2.33. The highest BCUT2D eigenvalue weighted by molar-refractivity contribution is 5.68. The van der Waals surface area contributed by atoms with E-state index in [0.717, 1.165) is 12.8 Å². The first kappa shape index (κ1) is 15.2. The molecule has 0 aliphatic heterocycles. The van der Waals surface area contributed by atoms with Crippen LogP contribution in [0, 0.1) is 0 Å². The van der Waals surface area contributed by atoms with Crippen LogP contribution in [-0.4, -0.2) is 42.0 Å². The van der Waals surface area contributed by atoms with Crippen molar-refractivity contribution in [3.05, 3.63) is 0 Å². The molecule has 1 aliphatic carbocycles. The fourth-order valence-electron chi connectivity index (χ4n) is 2.28. The number of alkyl carbamates (subject to hydrolysis) is 1. The van der Waals surface area contributed by atoms with E-state index in [4.69, 9.17) is 4.74 Å². The number of hydrogen-bond donors (Lipinski definition) is 3. The molecule has 1 fully saturated rings. The normalized spacial score (nSPS) is 28.8. The van der Waals surface area contributed by atoms with E-state index >= 15 is 0 Å². The molecule has 0 aromatic carbocycles. The molecule has 0 saturated heterocycles. The van der Waals surface area contributed by atoms with E-state index in [-0.39, 0.29) is 12.1 Å². The first-order valence-electron chi connectivity index (χ1n) is 6.61. The molecule has 1 amide bonds. The lowest BCUT2D eigenvalue weighted by Crippen LogP contribution is -2.48. The Morgan fingerprint density at radius 2 is 1.94 bits per heavy atom. The van der Waals surface area contributed by atoms with Gasteiger partial charge in [0.05, 0.1) is 5.60 Å². The maximum absolute atomic E-state index is 11.6. The third-order valence-corrected chi connectivity index (χ3v) is 3.14. The second-order valence-corrected chi connectivity index (χ2v) is 6.18. The van der Waals surface area contributed by atoms with Crippen molar-refractivity contribution in [2.24, 2.45) is 0 Å². The van der Waals surface area contributed by atoms with Crippen LogP contribution in [0.5, 0.6) is 0 Å². The van der Waals surface area contributed by atoms with Gasteiger partial charge in [0, 0.05) is 12.6 Å². The summed E-state index contributed by atoms with van der Waals surface area (Å²) in [7, 11) is 1.84. The Hall–Kier alpha value is -0.810. The van der Waals surface area contributed by atoms with Gasteiger partial charge >= 0.3 is 6.09 Å². The predicted octanol–water partition coefficient (Wildman–Crippen LogP) is 1.40. The summed E-state index contributed by atoms with van der Waals surface area (Å²) in [5, 5.41) is 16.1. The Kier molecular flexibility index (Phi) is 4.99. The minimum absolute atomic E-state index is 0.108. The molecule has 1 rings (SSSR count). The van der Waals surface area contributed by atoms with Gasteiger partial charge in [0.15, 0.2) is 0 Å². The Labute approximate surface area is 109 Å². The number of carbonyl (C=O) groups is 1. The van der Waals surface area contributed by atoms with E-state index in [2.05, 4.69) is 10.6 Å². The Bertz CT molecular complexity index is 278. The zero-order valence-electron chi connectivity index (χ0n) is 11.9. The summed E-state index contributed by atoms with van der Waals surface area (Å²) in [5.41, 5.74) is -1.09. The number of carbonyl (C=O) groups excluding carboxylic acids is 1. The lowest BCUT2D eigenvalue weighted by Gasteiger charge is -2.36. The standard InChI is InChI=1S/C13H26N2O3/c1-12(2,3)18-11(16)15-10-5-7-13(17,8-6-10)9-14-4/h10,14,17H,5-9H2,1-4H3,(H,15,16). The molecule has 106 valence electrons. The predicted molar refractivity (Wildman–Crippen MR) is 70.5 cm³/mol. The van der Waals surface area contributed by atoms with Crippen molar-refractivity contribution in [1.82, 2.24) is 10.6 Å². The van der Waals surface area contributed by atoms with Gasteiger partial charge in [-0.15, -0.1) is 0 Å². The number of amides is 1. The Morgan fingerprint density at radius 3 is 2.39 bits per heavy atom. The molecule has 0 aromatic heterocycles. The summed E-state index contributed by atoms with van der Waals surface area (Å²) in [5.74, 6) is 0. The fourth-order valence-corrected chi connectivity index (χ4v) is 2.28. The molecule has 0 radical (unpaired) electrons. The van der Waals surface area contributed by atoms with E-state index in [0.29, 0.717) is 19.4 Å². The van der Waals surface area contributed by atoms with Gasteiger partial charge in [-0.3, -0.25) is 0 Å². The highest BCUT2D eigenvalue weighted by Gasteiger charge is 2.33. The number of nitrogens with one attached hydrogen (secondary N) is 2. The summed E-state index contributed by atoms with van der Waals surface area (Å²) in [6.07, 6.45) is 2.61. The third kappa shape index (κ3) is 5.23. The topological polar surface area (TPSA) is 70.6 Å². The number of likely N-dealkylation sites (N-methyl/N-ethyl adjacent to an activating group) is 1. The summed E-state index contributed by atoms with van der Waals surface area (Å²) in [6.45, 7) is 6.14. The minimum atomic E-state index is -0.624. The molecular weight excluding hydrogens is 232 g/mol. The van der Waals surface area contributed by atoms with Crippen LogP contribution in [-0.2, 0) is 4.74 Å². The molecule has 3 N–H and O–H groups in total. The molecule has 18 heavy (non-hydrogen) atoms. The highest BCUT2D eigenvalue weighted by atomic mass is 16.6. The number of aliphatic hydroxyl groups is 1. The van der Waals surface area contributed by atoms with Gasteiger partial charge in [0.25, 0.3) is 0 Å². The van der Waals surface area contributed by atoms with Crippen molar-refractivity contribution < 1.29 is 14.6 Å². The van der Waals surface area contributed by atoms with Gasteiger partial charge in [-0.1, -0.05) is 0 Å². The first-order chi connectivity index (χ1) is 8.24. The van der Waals surface area contributed by atoms with Gasteiger partial charge in [-0.2, -0.15) is 0 Å². The molecule has 5 nitrogen and oxygen atoms in total. The zero-order valence-corrected chi connectivity index (χ0v) is 11.9. The van der Waals surface area contributed by atoms with E-state index in [1.165, 1.54) is 0 Å². The third-order valence-electron chi connectivity index (χ3n) is 3.14. The van der Waals surface area contributed by atoms with Gasteiger partial charge in [-0.25, -0.2) is 4.79 Å². The molecule has 0 spiro atoms. The molecule has 0 unspecified atom stereocenters. The van der Waals surface area contributed by atoms with Crippen LogP contribution >= 0.6 is 0 Å². The highest BCUT2D eigenvalue weighted by Crippen LogP contribution is 2.27. The largest absolute Gasteiger partial charge is 0.444 e. The number of ether oxygens (including phenoxy) is 1. The van der Waals surface area contributed by atoms with Crippen LogP contribution in [0.1, 0.15) is 46.5 Å². The van der Waals surface area contributed by atoms with Crippen LogP contribution in [0.4, 0.5) is 4.79 Å². The second kappa shape index (κ2) is 5.89. The summed E-state index contributed by atoms with van der Waals surface area (Å²) in [6, 6.07) is 0.108. The summed E-state index contributed by atoms with van der Waals surface area (Å²) < 4.78 is 5.22. The SMILES string of the molecule is CNCC1(O)CCC(NC(=O)OC(C)(C)C)CC1.